The van der Waals surface area contributed by atoms with Crippen LogP contribution in [-0.2, 0) is 4.79 Å². The number of carbonyl (C=O) groups excluding carboxylic acids is 1. The van der Waals surface area contributed by atoms with Gasteiger partial charge in [0.1, 0.15) is 0 Å². The molecule has 1 fully saturated rings. The van der Waals surface area contributed by atoms with Crippen molar-refractivity contribution in [2.75, 3.05) is 27.2 Å². The van der Waals surface area contributed by atoms with Gasteiger partial charge in [-0.3, -0.25) is 4.79 Å². The molecule has 3 unspecified atom stereocenters. The molecular formula is C12H21N3O2. The first-order chi connectivity index (χ1) is 7.95. The van der Waals surface area contributed by atoms with Crippen LogP contribution in [0.1, 0.15) is 12.8 Å². The lowest BCUT2D eigenvalue weighted by atomic mass is 10.1. The quantitative estimate of drug-likeness (QED) is 0.609. The van der Waals surface area contributed by atoms with E-state index in [1.807, 2.05) is 19.0 Å². The van der Waals surface area contributed by atoms with Crippen molar-refractivity contribution in [3.63, 3.8) is 0 Å². The fraction of sp³-hybridized carbons (Fsp3) is 0.750. The van der Waals surface area contributed by atoms with Crippen LogP contribution in [0.25, 0.3) is 0 Å². The van der Waals surface area contributed by atoms with Gasteiger partial charge in [0.15, 0.2) is 0 Å². The average molecular weight is 239 g/mol. The Morgan fingerprint density at radius 1 is 1.71 bits per heavy atom. The van der Waals surface area contributed by atoms with Crippen LogP contribution in [0.5, 0.6) is 0 Å². The highest BCUT2D eigenvalue weighted by Gasteiger charge is 2.36. The van der Waals surface area contributed by atoms with Gasteiger partial charge in [-0.25, -0.2) is 0 Å². The Balaban J connectivity index is 2.66. The largest absolute Gasteiger partial charge is 0.391 e. The summed E-state index contributed by atoms with van der Waals surface area (Å²) in [5.74, 6) is 2.23. The van der Waals surface area contributed by atoms with Crippen LogP contribution < -0.4 is 5.73 Å². The molecule has 1 heterocycles. The molecule has 17 heavy (non-hydrogen) atoms. The number of nitrogens with zero attached hydrogens (tertiary/aromatic N) is 2. The molecule has 3 N–H and O–H groups in total. The van der Waals surface area contributed by atoms with Gasteiger partial charge in [0.25, 0.3) is 0 Å². The molecule has 96 valence electrons. The number of nitrogens with two attached hydrogens (primary N) is 1. The van der Waals surface area contributed by atoms with Crippen LogP contribution >= 0.6 is 0 Å². The van der Waals surface area contributed by atoms with Crippen LogP contribution in [0.2, 0.25) is 0 Å². The number of likely N-dealkylation sites (tertiary alicyclic amines) is 1. The van der Waals surface area contributed by atoms with E-state index in [-0.39, 0.29) is 18.4 Å². The number of aliphatic hydroxyl groups excluding tert-OH is 1. The number of amides is 1. The Bertz CT molecular complexity index is 311. The first kappa shape index (κ1) is 14.0. The molecule has 1 aliphatic heterocycles. The lowest BCUT2D eigenvalue weighted by Crippen LogP contribution is -2.48. The summed E-state index contributed by atoms with van der Waals surface area (Å²) in [4.78, 5) is 15.7. The Morgan fingerprint density at radius 2 is 2.35 bits per heavy atom. The van der Waals surface area contributed by atoms with Crippen LogP contribution in [-0.4, -0.2) is 66.2 Å². The van der Waals surface area contributed by atoms with Crippen molar-refractivity contribution in [2.24, 2.45) is 5.73 Å². The van der Waals surface area contributed by atoms with E-state index in [1.165, 1.54) is 0 Å². The minimum Gasteiger partial charge on any atom is -0.391 e. The minimum absolute atomic E-state index is 0.0244. The van der Waals surface area contributed by atoms with E-state index < -0.39 is 12.1 Å². The summed E-state index contributed by atoms with van der Waals surface area (Å²) in [6.45, 7) is 1.08. The number of aliphatic hydroxyl groups is 1. The van der Waals surface area contributed by atoms with Crippen molar-refractivity contribution in [2.45, 2.75) is 31.0 Å². The van der Waals surface area contributed by atoms with E-state index >= 15 is 0 Å². The number of hydrogen-bond acceptors (Lipinski definition) is 4. The third-order valence-electron chi connectivity index (χ3n) is 2.91. The first-order valence-electron chi connectivity index (χ1n) is 5.78. The molecule has 1 aliphatic rings. The van der Waals surface area contributed by atoms with Crippen molar-refractivity contribution >= 4 is 5.91 Å². The van der Waals surface area contributed by atoms with Crippen LogP contribution in [0, 0.1) is 12.3 Å². The van der Waals surface area contributed by atoms with Crippen LogP contribution in [0.3, 0.4) is 0 Å². The zero-order chi connectivity index (χ0) is 13.0. The second-order valence-corrected chi connectivity index (χ2v) is 4.81. The lowest BCUT2D eigenvalue weighted by Gasteiger charge is -2.28. The minimum atomic E-state index is -0.657. The zero-order valence-corrected chi connectivity index (χ0v) is 10.5. The SMILES string of the molecule is C#CCC(N)C(=O)N1CC(O)CC1CN(C)C. The summed E-state index contributed by atoms with van der Waals surface area (Å²) in [5.41, 5.74) is 5.72. The van der Waals surface area contributed by atoms with E-state index in [1.54, 1.807) is 4.90 Å². The van der Waals surface area contributed by atoms with Crippen molar-refractivity contribution in [1.29, 1.82) is 0 Å². The van der Waals surface area contributed by atoms with E-state index in [9.17, 15) is 9.90 Å². The number of terminal acetylenes is 1. The van der Waals surface area contributed by atoms with E-state index in [0.717, 1.165) is 6.54 Å². The first-order valence-corrected chi connectivity index (χ1v) is 5.78. The van der Waals surface area contributed by atoms with Gasteiger partial charge in [-0.2, -0.15) is 0 Å². The average Bonchev–Trinajstić information content (AvgIpc) is 2.57. The molecule has 5 nitrogen and oxygen atoms in total. The van der Waals surface area contributed by atoms with Crippen LogP contribution in [0.15, 0.2) is 0 Å². The third kappa shape index (κ3) is 3.70. The summed E-state index contributed by atoms with van der Waals surface area (Å²) >= 11 is 0. The molecule has 1 amide bonds. The van der Waals surface area contributed by atoms with Crippen LogP contribution in [0.4, 0.5) is 0 Å². The predicted molar refractivity (Wildman–Crippen MR) is 66.1 cm³/mol. The lowest BCUT2D eigenvalue weighted by molar-refractivity contribution is -0.133. The van der Waals surface area contributed by atoms with Gasteiger partial charge in [0, 0.05) is 25.6 Å². The Hall–Kier alpha value is -1.09. The third-order valence-corrected chi connectivity index (χ3v) is 2.91. The van der Waals surface area contributed by atoms with Crippen molar-refractivity contribution in [1.82, 2.24) is 9.80 Å². The highest BCUT2D eigenvalue weighted by Crippen LogP contribution is 2.19. The number of hydrogen-bond donors (Lipinski definition) is 2. The van der Waals surface area contributed by atoms with Crippen molar-refractivity contribution < 1.29 is 9.90 Å². The molecule has 0 aliphatic carbocycles. The highest BCUT2D eigenvalue weighted by molar-refractivity contribution is 5.82. The topological polar surface area (TPSA) is 69.8 Å². The summed E-state index contributed by atoms with van der Waals surface area (Å²) < 4.78 is 0. The maximum atomic E-state index is 12.0. The van der Waals surface area contributed by atoms with Gasteiger partial charge in [-0.15, -0.1) is 12.3 Å². The number of rotatable bonds is 4. The standard InChI is InChI=1S/C12H21N3O2/c1-4-5-11(13)12(17)15-8-10(16)6-9(15)7-14(2)3/h1,9-11,16H,5-8,13H2,2-3H3. The maximum absolute atomic E-state index is 12.0. The summed E-state index contributed by atoms with van der Waals surface area (Å²) in [5, 5.41) is 9.65. The molecule has 1 saturated heterocycles. The predicted octanol–water partition coefficient (Wildman–Crippen LogP) is -1.14. The molecule has 0 spiro atoms. The summed E-state index contributed by atoms with van der Waals surface area (Å²) in [7, 11) is 3.88. The van der Waals surface area contributed by atoms with Gasteiger partial charge >= 0.3 is 0 Å². The van der Waals surface area contributed by atoms with Gasteiger partial charge < -0.3 is 20.6 Å². The molecule has 5 heteroatoms. The van der Waals surface area contributed by atoms with E-state index in [0.29, 0.717) is 13.0 Å². The maximum Gasteiger partial charge on any atom is 0.240 e. The second-order valence-electron chi connectivity index (χ2n) is 4.81. The molecule has 0 saturated carbocycles. The smallest absolute Gasteiger partial charge is 0.240 e. The summed E-state index contributed by atoms with van der Waals surface area (Å²) in [6.07, 6.45) is 5.53. The van der Waals surface area contributed by atoms with E-state index in [4.69, 9.17) is 12.2 Å². The molecule has 0 bridgehead atoms. The highest BCUT2D eigenvalue weighted by atomic mass is 16.3. The van der Waals surface area contributed by atoms with Gasteiger partial charge in [-0.05, 0) is 20.5 Å². The Kier molecular flexibility index (Phi) is 4.94. The van der Waals surface area contributed by atoms with E-state index in [2.05, 4.69) is 5.92 Å². The van der Waals surface area contributed by atoms with Gasteiger partial charge in [0.2, 0.25) is 5.91 Å². The monoisotopic (exact) mass is 239 g/mol. The summed E-state index contributed by atoms with van der Waals surface area (Å²) in [6, 6.07) is -0.633. The van der Waals surface area contributed by atoms with Gasteiger partial charge in [-0.1, -0.05) is 0 Å². The Morgan fingerprint density at radius 3 is 2.88 bits per heavy atom. The molecule has 0 radical (unpaired) electrons. The fourth-order valence-electron chi connectivity index (χ4n) is 2.18. The molecule has 3 atom stereocenters. The normalized spacial score (nSPS) is 26.0. The van der Waals surface area contributed by atoms with Gasteiger partial charge in [0.05, 0.1) is 12.1 Å². The van der Waals surface area contributed by atoms with Crippen molar-refractivity contribution in [3.8, 4) is 12.3 Å². The second kappa shape index (κ2) is 6.01. The molecule has 0 aromatic rings. The molecule has 0 aromatic heterocycles. The fourth-order valence-corrected chi connectivity index (χ4v) is 2.18. The molecule has 1 rings (SSSR count). The van der Waals surface area contributed by atoms with Crippen molar-refractivity contribution in [3.05, 3.63) is 0 Å². The number of carbonyl (C=O) groups is 1. The number of β-amino-alcohol motifs (C(OH)–C–C–N with tert-alkyl or cyclic N) is 1. The Labute approximate surface area is 103 Å². The molecular weight excluding hydrogens is 218 g/mol. The zero-order valence-electron chi connectivity index (χ0n) is 10.5. The number of likely N-dealkylation sites (N-methyl/N-ethyl adjacent to an activating group) is 1. The molecule has 0 aromatic carbocycles.